The predicted molar refractivity (Wildman–Crippen MR) is 97.1 cm³/mol. The molecule has 3 rings (SSSR count). The van der Waals surface area contributed by atoms with E-state index < -0.39 is 21.7 Å². The third kappa shape index (κ3) is 4.12. The highest BCUT2D eigenvalue weighted by atomic mass is 35.5. The maximum Gasteiger partial charge on any atom is 0.434 e. The lowest BCUT2D eigenvalue weighted by atomic mass is 10.2. The van der Waals surface area contributed by atoms with Crippen molar-refractivity contribution in [2.24, 2.45) is 0 Å². The Morgan fingerprint density at radius 3 is 2.15 bits per heavy atom. The van der Waals surface area contributed by atoms with Crippen LogP contribution in [0, 0.1) is 0 Å². The van der Waals surface area contributed by atoms with E-state index in [1.165, 1.54) is 47.0 Å². The molecule has 3 aromatic rings. The standard InChI is InChI=1S/C17H11Cl2F3N2O2S/c1-27(25,26)12-5-2-10(3-6-12)16-23-15(17(20,21)22)9-24(16)11-4-7-13(18)14(19)8-11/h2-9H,1H3. The van der Waals surface area contributed by atoms with Gasteiger partial charge in [-0.05, 0) is 42.5 Å². The first kappa shape index (κ1) is 19.7. The van der Waals surface area contributed by atoms with Gasteiger partial charge in [0, 0.05) is 23.7 Å². The number of rotatable bonds is 3. The van der Waals surface area contributed by atoms with Crippen molar-refractivity contribution >= 4 is 33.0 Å². The van der Waals surface area contributed by atoms with Gasteiger partial charge in [0.25, 0.3) is 0 Å². The van der Waals surface area contributed by atoms with Crippen LogP contribution in [0.1, 0.15) is 5.69 Å². The van der Waals surface area contributed by atoms with Gasteiger partial charge in [-0.2, -0.15) is 13.2 Å². The average Bonchev–Trinajstić information content (AvgIpc) is 3.02. The van der Waals surface area contributed by atoms with E-state index in [4.69, 9.17) is 23.2 Å². The molecule has 0 spiro atoms. The van der Waals surface area contributed by atoms with E-state index >= 15 is 0 Å². The second-order valence-corrected chi connectivity index (χ2v) is 8.54. The maximum absolute atomic E-state index is 13.2. The first-order valence-corrected chi connectivity index (χ1v) is 10.0. The maximum atomic E-state index is 13.2. The molecule has 1 aromatic heterocycles. The molecule has 4 nitrogen and oxygen atoms in total. The van der Waals surface area contributed by atoms with E-state index in [1.807, 2.05) is 0 Å². The number of hydrogen-bond acceptors (Lipinski definition) is 3. The molecule has 0 saturated heterocycles. The van der Waals surface area contributed by atoms with Crippen LogP contribution in [-0.2, 0) is 16.0 Å². The molecule has 0 saturated carbocycles. The normalized spacial score (nSPS) is 12.4. The fraction of sp³-hybridized carbons (Fsp3) is 0.118. The van der Waals surface area contributed by atoms with Crippen molar-refractivity contribution in [3.8, 4) is 17.1 Å². The summed E-state index contributed by atoms with van der Waals surface area (Å²) in [5, 5.41) is 0.436. The Kier molecular flexibility index (Phi) is 5.00. The van der Waals surface area contributed by atoms with Crippen molar-refractivity contribution in [2.45, 2.75) is 11.1 Å². The molecular formula is C17H11Cl2F3N2O2S. The molecule has 0 aliphatic heterocycles. The van der Waals surface area contributed by atoms with E-state index in [0.29, 0.717) is 11.3 Å². The van der Waals surface area contributed by atoms with E-state index in [0.717, 1.165) is 12.5 Å². The molecule has 142 valence electrons. The summed E-state index contributed by atoms with van der Waals surface area (Å²) in [6.07, 6.45) is -2.76. The molecule has 0 unspecified atom stereocenters. The van der Waals surface area contributed by atoms with Gasteiger partial charge in [-0.25, -0.2) is 13.4 Å². The summed E-state index contributed by atoms with van der Waals surface area (Å²) in [6.45, 7) is 0. The van der Waals surface area contributed by atoms with Gasteiger partial charge in [0.05, 0.1) is 14.9 Å². The highest BCUT2D eigenvalue weighted by Gasteiger charge is 2.35. The topological polar surface area (TPSA) is 52.0 Å². The second-order valence-electron chi connectivity index (χ2n) is 5.71. The second kappa shape index (κ2) is 6.85. The summed E-state index contributed by atoms with van der Waals surface area (Å²) in [6, 6.07) is 9.80. The molecule has 0 N–H and O–H groups in total. The van der Waals surface area contributed by atoms with Gasteiger partial charge in [-0.3, -0.25) is 4.57 Å². The third-order valence-electron chi connectivity index (χ3n) is 3.72. The lowest BCUT2D eigenvalue weighted by molar-refractivity contribution is -0.140. The van der Waals surface area contributed by atoms with Crippen LogP contribution >= 0.6 is 23.2 Å². The van der Waals surface area contributed by atoms with Gasteiger partial charge in [0.2, 0.25) is 0 Å². The SMILES string of the molecule is CS(=O)(=O)c1ccc(-c2nc(C(F)(F)F)cn2-c2ccc(Cl)c(Cl)c2)cc1. The molecule has 2 aromatic carbocycles. The van der Waals surface area contributed by atoms with Crippen LogP contribution in [0.15, 0.2) is 53.6 Å². The Morgan fingerprint density at radius 1 is 1.00 bits per heavy atom. The Morgan fingerprint density at radius 2 is 1.63 bits per heavy atom. The summed E-state index contributed by atoms with van der Waals surface area (Å²) in [5.74, 6) is -0.0132. The number of sulfone groups is 1. The van der Waals surface area contributed by atoms with Gasteiger partial charge in [0.15, 0.2) is 15.5 Å². The summed E-state index contributed by atoms with van der Waals surface area (Å²) in [7, 11) is -3.43. The summed E-state index contributed by atoms with van der Waals surface area (Å²) in [5.41, 5.74) is -0.450. The van der Waals surface area contributed by atoms with Gasteiger partial charge >= 0.3 is 6.18 Å². The fourth-order valence-corrected chi connectivity index (χ4v) is 3.33. The monoisotopic (exact) mass is 434 g/mol. The van der Waals surface area contributed by atoms with E-state index in [2.05, 4.69) is 4.98 Å². The van der Waals surface area contributed by atoms with Crippen LogP contribution in [-0.4, -0.2) is 24.2 Å². The van der Waals surface area contributed by atoms with Crippen LogP contribution in [0.25, 0.3) is 17.1 Å². The van der Waals surface area contributed by atoms with Gasteiger partial charge in [-0.1, -0.05) is 23.2 Å². The molecule has 1 heterocycles. The van der Waals surface area contributed by atoms with Crippen molar-refractivity contribution in [1.82, 2.24) is 9.55 Å². The summed E-state index contributed by atoms with van der Waals surface area (Å²) < 4.78 is 63.9. The lowest BCUT2D eigenvalue weighted by Crippen LogP contribution is -2.05. The van der Waals surface area contributed by atoms with E-state index in [9.17, 15) is 21.6 Å². The van der Waals surface area contributed by atoms with Crippen LogP contribution < -0.4 is 0 Å². The number of alkyl halides is 3. The van der Waals surface area contributed by atoms with Gasteiger partial charge < -0.3 is 0 Å². The van der Waals surface area contributed by atoms with E-state index in [1.54, 1.807) is 0 Å². The third-order valence-corrected chi connectivity index (χ3v) is 5.59. The van der Waals surface area contributed by atoms with Crippen molar-refractivity contribution in [2.75, 3.05) is 6.26 Å². The minimum Gasteiger partial charge on any atom is -0.299 e. The van der Waals surface area contributed by atoms with Crippen molar-refractivity contribution < 1.29 is 21.6 Å². The van der Waals surface area contributed by atoms with Gasteiger partial charge in [-0.15, -0.1) is 0 Å². The average molecular weight is 435 g/mol. The number of halogens is 5. The van der Waals surface area contributed by atoms with Crippen LogP contribution in [0.3, 0.4) is 0 Å². The number of nitrogens with zero attached hydrogens (tertiary/aromatic N) is 2. The molecule has 0 aliphatic carbocycles. The van der Waals surface area contributed by atoms with Gasteiger partial charge in [0.1, 0.15) is 5.82 Å². The molecule has 0 amide bonds. The lowest BCUT2D eigenvalue weighted by Gasteiger charge is -2.09. The fourth-order valence-electron chi connectivity index (χ4n) is 2.40. The zero-order valence-corrected chi connectivity index (χ0v) is 16.0. The summed E-state index contributed by atoms with van der Waals surface area (Å²) in [4.78, 5) is 3.74. The first-order valence-electron chi connectivity index (χ1n) is 7.39. The number of hydrogen-bond donors (Lipinski definition) is 0. The predicted octanol–water partition coefficient (Wildman–Crippen LogP) is 5.27. The molecular weight excluding hydrogens is 424 g/mol. The molecule has 0 bridgehead atoms. The van der Waals surface area contributed by atoms with Crippen molar-refractivity contribution in [3.05, 3.63) is 64.4 Å². The van der Waals surface area contributed by atoms with Crippen LogP contribution in [0.2, 0.25) is 10.0 Å². The highest BCUT2D eigenvalue weighted by Crippen LogP contribution is 2.34. The zero-order chi connectivity index (χ0) is 20.0. The molecule has 10 heteroatoms. The smallest absolute Gasteiger partial charge is 0.299 e. The minimum atomic E-state index is -4.65. The van der Waals surface area contributed by atoms with Crippen molar-refractivity contribution in [1.29, 1.82) is 0 Å². The first-order chi connectivity index (χ1) is 12.5. The number of aromatic nitrogens is 2. The molecule has 0 fully saturated rings. The molecule has 27 heavy (non-hydrogen) atoms. The largest absolute Gasteiger partial charge is 0.434 e. The number of benzene rings is 2. The minimum absolute atomic E-state index is 0.0132. The molecule has 0 atom stereocenters. The quantitative estimate of drug-likeness (QED) is 0.564. The Bertz CT molecular complexity index is 1110. The Labute approximate surface area is 163 Å². The zero-order valence-electron chi connectivity index (χ0n) is 13.6. The van der Waals surface area contributed by atoms with E-state index in [-0.39, 0.29) is 20.8 Å². The summed E-state index contributed by atoms with van der Waals surface area (Å²) >= 11 is 11.8. The van der Waals surface area contributed by atoms with Crippen molar-refractivity contribution in [3.63, 3.8) is 0 Å². The Balaban J connectivity index is 2.19. The number of imidazole rings is 1. The Hall–Kier alpha value is -2.03. The van der Waals surface area contributed by atoms with Crippen LogP contribution in [0.5, 0.6) is 0 Å². The van der Waals surface area contributed by atoms with Crippen LogP contribution in [0.4, 0.5) is 13.2 Å². The highest BCUT2D eigenvalue weighted by molar-refractivity contribution is 7.90. The molecule has 0 aliphatic rings. The molecule has 0 radical (unpaired) electrons.